The van der Waals surface area contributed by atoms with Crippen LogP contribution in [0, 0.1) is 6.92 Å². The zero-order valence-electron chi connectivity index (χ0n) is 14.5. The van der Waals surface area contributed by atoms with Gasteiger partial charge in [-0.25, -0.2) is 0 Å². The molecular formula is C19H18N4O3. The van der Waals surface area contributed by atoms with Crippen LogP contribution in [0.3, 0.4) is 0 Å². The van der Waals surface area contributed by atoms with Crippen molar-refractivity contribution in [2.45, 2.75) is 19.3 Å². The maximum absolute atomic E-state index is 12.6. The first-order valence-electron chi connectivity index (χ1n) is 8.35. The van der Waals surface area contributed by atoms with E-state index in [1.165, 1.54) is 0 Å². The first-order valence-corrected chi connectivity index (χ1v) is 8.35. The normalized spacial score (nSPS) is 16.9. The highest BCUT2D eigenvalue weighted by molar-refractivity contribution is 5.97. The standard InChI is InChI=1S/C19H18N4O3/c1-12-6-7-16(25-2)15(9-12)23-11-13(10-17(23)24)18-21-19(26-22-18)14-5-3-4-8-20-14/h3-9,13H,10-11H2,1-2H3. The average Bonchev–Trinajstić information content (AvgIpc) is 3.29. The summed E-state index contributed by atoms with van der Waals surface area (Å²) in [5, 5.41) is 4.06. The van der Waals surface area contributed by atoms with Gasteiger partial charge in [-0.3, -0.25) is 9.78 Å². The van der Waals surface area contributed by atoms with E-state index in [4.69, 9.17) is 9.26 Å². The summed E-state index contributed by atoms with van der Waals surface area (Å²) in [6, 6.07) is 11.3. The van der Waals surface area contributed by atoms with E-state index >= 15 is 0 Å². The third-order valence-electron chi connectivity index (χ3n) is 4.44. The number of aromatic nitrogens is 3. The molecule has 1 atom stereocenters. The first-order chi connectivity index (χ1) is 12.7. The van der Waals surface area contributed by atoms with Crippen LogP contribution in [0.25, 0.3) is 11.6 Å². The van der Waals surface area contributed by atoms with Crippen LogP contribution in [0.5, 0.6) is 5.75 Å². The molecule has 0 spiro atoms. The van der Waals surface area contributed by atoms with Gasteiger partial charge in [0.25, 0.3) is 5.89 Å². The Morgan fingerprint density at radius 1 is 1.27 bits per heavy atom. The molecule has 26 heavy (non-hydrogen) atoms. The third-order valence-corrected chi connectivity index (χ3v) is 4.44. The minimum atomic E-state index is -0.131. The van der Waals surface area contributed by atoms with Crippen LogP contribution in [0.2, 0.25) is 0 Å². The van der Waals surface area contributed by atoms with Crippen molar-refractivity contribution >= 4 is 11.6 Å². The van der Waals surface area contributed by atoms with Crippen molar-refractivity contribution in [3.8, 4) is 17.3 Å². The van der Waals surface area contributed by atoms with Crippen LogP contribution in [-0.2, 0) is 4.79 Å². The predicted octanol–water partition coefficient (Wildman–Crippen LogP) is 2.97. The fourth-order valence-electron chi connectivity index (χ4n) is 3.12. The lowest BCUT2D eigenvalue weighted by atomic mass is 10.1. The van der Waals surface area contributed by atoms with E-state index in [0.717, 1.165) is 11.3 Å². The summed E-state index contributed by atoms with van der Waals surface area (Å²) in [6.07, 6.45) is 2.00. The summed E-state index contributed by atoms with van der Waals surface area (Å²) in [5.74, 6) is 1.44. The van der Waals surface area contributed by atoms with E-state index in [9.17, 15) is 4.79 Å². The van der Waals surface area contributed by atoms with Crippen molar-refractivity contribution in [1.29, 1.82) is 0 Å². The molecule has 2 aromatic heterocycles. The van der Waals surface area contributed by atoms with Gasteiger partial charge in [-0.15, -0.1) is 0 Å². The van der Waals surface area contributed by atoms with Gasteiger partial charge in [-0.1, -0.05) is 17.3 Å². The summed E-state index contributed by atoms with van der Waals surface area (Å²) < 4.78 is 10.7. The van der Waals surface area contributed by atoms with Gasteiger partial charge in [-0.2, -0.15) is 4.98 Å². The number of carbonyl (C=O) groups excluding carboxylic acids is 1. The number of nitrogens with zero attached hydrogens (tertiary/aromatic N) is 4. The maximum atomic E-state index is 12.6. The van der Waals surface area contributed by atoms with Crippen molar-refractivity contribution in [2.24, 2.45) is 0 Å². The second kappa shape index (κ2) is 6.59. The fourth-order valence-corrected chi connectivity index (χ4v) is 3.12. The molecule has 3 heterocycles. The molecule has 7 heteroatoms. The van der Waals surface area contributed by atoms with Crippen molar-refractivity contribution in [2.75, 3.05) is 18.6 Å². The number of hydrogen-bond donors (Lipinski definition) is 0. The topological polar surface area (TPSA) is 81.3 Å². The van der Waals surface area contributed by atoms with Gasteiger partial charge in [0.2, 0.25) is 5.91 Å². The quantitative estimate of drug-likeness (QED) is 0.719. The SMILES string of the molecule is COc1ccc(C)cc1N1CC(c2noc(-c3ccccn3)n2)CC1=O. The molecule has 1 aliphatic rings. The number of hydrogen-bond acceptors (Lipinski definition) is 6. The molecule has 7 nitrogen and oxygen atoms in total. The molecule has 1 saturated heterocycles. The highest BCUT2D eigenvalue weighted by Crippen LogP contribution is 2.36. The van der Waals surface area contributed by atoms with Gasteiger partial charge in [0.15, 0.2) is 5.82 Å². The summed E-state index contributed by atoms with van der Waals surface area (Å²) in [5.41, 5.74) is 2.45. The Morgan fingerprint density at radius 2 is 2.15 bits per heavy atom. The number of anilines is 1. The second-order valence-corrected chi connectivity index (χ2v) is 6.25. The Hall–Kier alpha value is -3.22. The molecular weight excluding hydrogens is 332 g/mol. The molecule has 132 valence electrons. The van der Waals surface area contributed by atoms with Crippen LogP contribution < -0.4 is 9.64 Å². The Bertz CT molecular complexity index is 939. The zero-order valence-corrected chi connectivity index (χ0v) is 14.5. The van der Waals surface area contributed by atoms with E-state index < -0.39 is 0 Å². The summed E-state index contributed by atoms with van der Waals surface area (Å²) in [6.45, 7) is 2.47. The number of ether oxygens (including phenoxy) is 1. The molecule has 0 saturated carbocycles. The molecule has 1 aromatic carbocycles. The van der Waals surface area contributed by atoms with Gasteiger partial charge in [0.05, 0.1) is 12.8 Å². The van der Waals surface area contributed by atoms with Gasteiger partial charge >= 0.3 is 0 Å². The van der Waals surface area contributed by atoms with E-state index in [2.05, 4.69) is 15.1 Å². The van der Waals surface area contributed by atoms with Crippen LogP contribution in [0.1, 0.15) is 23.7 Å². The average molecular weight is 350 g/mol. The molecule has 1 unspecified atom stereocenters. The number of rotatable bonds is 4. The van der Waals surface area contributed by atoms with E-state index in [1.54, 1.807) is 24.3 Å². The Labute approximate surface area is 150 Å². The Kier molecular flexibility index (Phi) is 4.12. The number of methoxy groups -OCH3 is 1. The largest absolute Gasteiger partial charge is 0.495 e. The lowest BCUT2D eigenvalue weighted by Crippen LogP contribution is -2.25. The molecule has 4 rings (SSSR count). The molecule has 1 aliphatic heterocycles. The molecule has 0 aliphatic carbocycles. The van der Waals surface area contributed by atoms with Gasteiger partial charge in [0.1, 0.15) is 11.4 Å². The van der Waals surface area contributed by atoms with Crippen LogP contribution in [0.4, 0.5) is 5.69 Å². The number of aryl methyl sites for hydroxylation is 1. The van der Waals surface area contributed by atoms with Gasteiger partial charge in [0, 0.05) is 25.1 Å². The van der Waals surface area contributed by atoms with Gasteiger partial charge < -0.3 is 14.2 Å². The Balaban J connectivity index is 1.59. The smallest absolute Gasteiger partial charge is 0.276 e. The fraction of sp³-hybridized carbons (Fsp3) is 0.263. The number of carbonyl (C=O) groups is 1. The maximum Gasteiger partial charge on any atom is 0.276 e. The summed E-state index contributed by atoms with van der Waals surface area (Å²) >= 11 is 0. The van der Waals surface area contributed by atoms with Crippen molar-refractivity contribution < 1.29 is 14.1 Å². The van der Waals surface area contributed by atoms with E-state index in [1.807, 2.05) is 37.3 Å². The number of benzene rings is 1. The van der Waals surface area contributed by atoms with Crippen molar-refractivity contribution in [1.82, 2.24) is 15.1 Å². The minimum Gasteiger partial charge on any atom is -0.495 e. The molecule has 3 aromatic rings. The monoisotopic (exact) mass is 350 g/mol. The Morgan fingerprint density at radius 3 is 2.92 bits per heavy atom. The molecule has 0 bridgehead atoms. The van der Waals surface area contributed by atoms with Crippen LogP contribution in [0.15, 0.2) is 47.1 Å². The minimum absolute atomic E-state index is 0.0167. The van der Waals surface area contributed by atoms with Crippen LogP contribution >= 0.6 is 0 Å². The summed E-state index contributed by atoms with van der Waals surface area (Å²) in [4.78, 5) is 23.0. The van der Waals surface area contributed by atoms with Gasteiger partial charge in [-0.05, 0) is 36.8 Å². The highest BCUT2D eigenvalue weighted by atomic mass is 16.5. The van der Waals surface area contributed by atoms with E-state index in [0.29, 0.717) is 36.1 Å². The molecule has 1 amide bonds. The summed E-state index contributed by atoms with van der Waals surface area (Å²) in [7, 11) is 1.60. The molecule has 0 N–H and O–H groups in total. The lowest BCUT2D eigenvalue weighted by Gasteiger charge is -2.19. The number of amides is 1. The predicted molar refractivity (Wildman–Crippen MR) is 95.0 cm³/mol. The van der Waals surface area contributed by atoms with Crippen molar-refractivity contribution in [3.05, 3.63) is 54.0 Å². The van der Waals surface area contributed by atoms with E-state index in [-0.39, 0.29) is 11.8 Å². The first kappa shape index (κ1) is 16.3. The second-order valence-electron chi connectivity index (χ2n) is 6.25. The highest BCUT2D eigenvalue weighted by Gasteiger charge is 2.36. The zero-order chi connectivity index (χ0) is 18.1. The molecule has 0 radical (unpaired) electrons. The van der Waals surface area contributed by atoms with Crippen LogP contribution in [-0.4, -0.2) is 34.7 Å². The number of pyridine rings is 1. The van der Waals surface area contributed by atoms with Crippen molar-refractivity contribution in [3.63, 3.8) is 0 Å². The third kappa shape index (κ3) is 2.92. The molecule has 1 fully saturated rings. The lowest BCUT2D eigenvalue weighted by molar-refractivity contribution is -0.117.